The number of hydrogen-bond donors (Lipinski definition) is 2. The minimum absolute atomic E-state index is 0.134. The SMILES string of the molecule is CC1=C(c2ccc(O)cc2)C(c2ccc(O)cc2)CC(N2CCN(c3ccccc3)CC2)=N1. The third-order valence-electron chi connectivity index (χ3n) is 6.66. The van der Waals surface area contributed by atoms with Gasteiger partial charge in [-0.2, -0.15) is 0 Å². The number of phenols is 2. The van der Waals surface area contributed by atoms with Crippen LogP contribution in [0.25, 0.3) is 5.57 Å². The summed E-state index contributed by atoms with van der Waals surface area (Å²) in [7, 11) is 0. The van der Waals surface area contributed by atoms with Crippen molar-refractivity contribution in [2.24, 2.45) is 4.99 Å². The summed E-state index contributed by atoms with van der Waals surface area (Å²) in [5, 5.41) is 19.6. The van der Waals surface area contributed by atoms with Gasteiger partial charge in [-0.05, 0) is 60.0 Å². The third kappa shape index (κ3) is 4.44. The number of aromatic hydroxyl groups is 2. The number of benzene rings is 3. The maximum absolute atomic E-state index is 9.82. The van der Waals surface area contributed by atoms with E-state index >= 15 is 0 Å². The predicted molar refractivity (Wildman–Crippen MR) is 134 cm³/mol. The van der Waals surface area contributed by atoms with E-state index in [1.54, 1.807) is 24.3 Å². The Hall–Kier alpha value is -3.73. The summed E-state index contributed by atoms with van der Waals surface area (Å²) in [4.78, 5) is 9.92. The molecule has 0 radical (unpaired) electrons. The van der Waals surface area contributed by atoms with Crippen molar-refractivity contribution in [1.29, 1.82) is 0 Å². The number of para-hydroxylation sites is 1. The Morgan fingerprint density at radius 2 is 1.30 bits per heavy atom. The second-order valence-electron chi connectivity index (χ2n) is 8.73. The maximum Gasteiger partial charge on any atom is 0.115 e. The number of phenolic OH excluding ortho intramolecular Hbond substituents is 2. The smallest absolute Gasteiger partial charge is 0.115 e. The molecule has 5 heteroatoms. The van der Waals surface area contributed by atoms with E-state index in [0.29, 0.717) is 0 Å². The molecule has 0 aromatic heterocycles. The quantitative estimate of drug-likeness (QED) is 0.586. The van der Waals surface area contributed by atoms with Gasteiger partial charge in [-0.1, -0.05) is 42.5 Å². The number of aliphatic imine (C=N–C) groups is 1. The molecule has 5 rings (SSSR count). The second kappa shape index (κ2) is 9.02. The normalized spacial score (nSPS) is 18.9. The number of nitrogens with zero attached hydrogens (tertiary/aromatic N) is 3. The molecule has 1 fully saturated rings. The fraction of sp³-hybridized carbons (Fsp3) is 0.250. The summed E-state index contributed by atoms with van der Waals surface area (Å²) in [5.41, 5.74) is 5.68. The van der Waals surface area contributed by atoms with Crippen LogP contribution >= 0.6 is 0 Å². The Balaban J connectivity index is 1.44. The van der Waals surface area contributed by atoms with Gasteiger partial charge in [0.25, 0.3) is 0 Å². The lowest BCUT2D eigenvalue weighted by Gasteiger charge is -2.40. The fourth-order valence-electron chi connectivity index (χ4n) is 4.94. The number of hydrogen-bond acceptors (Lipinski definition) is 5. The molecule has 0 saturated carbocycles. The highest BCUT2D eigenvalue weighted by Crippen LogP contribution is 2.42. The van der Waals surface area contributed by atoms with Crippen LogP contribution in [-0.2, 0) is 0 Å². The van der Waals surface area contributed by atoms with Crippen molar-refractivity contribution in [2.45, 2.75) is 19.3 Å². The van der Waals surface area contributed by atoms with Crippen LogP contribution in [0, 0.1) is 0 Å². The number of piperazine rings is 1. The van der Waals surface area contributed by atoms with Crippen LogP contribution in [0.1, 0.15) is 30.4 Å². The van der Waals surface area contributed by atoms with Crippen LogP contribution in [-0.4, -0.2) is 47.1 Å². The molecule has 0 spiro atoms. The zero-order valence-electron chi connectivity index (χ0n) is 18.9. The highest BCUT2D eigenvalue weighted by atomic mass is 16.3. The van der Waals surface area contributed by atoms with E-state index in [0.717, 1.165) is 55.3 Å². The van der Waals surface area contributed by atoms with Crippen LogP contribution in [0.2, 0.25) is 0 Å². The number of anilines is 1. The van der Waals surface area contributed by atoms with E-state index in [2.05, 4.69) is 47.1 Å². The van der Waals surface area contributed by atoms with Gasteiger partial charge >= 0.3 is 0 Å². The molecule has 3 aromatic carbocycles. The molecule has 33 heavy (non-hydrogen) atoms. The minimum Gasteiger partial charge on any atom is -0.508 e. The van der Waals surface area contributed by atoms with Crippen LogP contribution in [0.15, 0.2) is 89.6 Å². The zero-order chi connectivity index (χ0) is 22.8. The lowest BCUT2D eigenvalue weighted by atomic mass is 9.81. The second-order valence-corrected chi connectivity index (χ2v) is 8.73. The van der Waals surface area contributed by atoms with Gasteiger partial charge in [0.2, 0.25) is 0 Å². The molecule has 0 aliphatic carbocycles. The first kappa shape index (κ1) is 21.1. The highest BCUT2D eigenvalue weighted by Gasteiger charge is 2.30. The van der Waals surface area contributed by atoms with E-state index < -0.39 is 0 Å². The topological polar surface area (TPSA) is 59.3 Å². The molecule has 2 heterocycles. The highest BCUT2D eigenvalue weighted by molar-refractivity contribution is 5.92. The van der Waals surface area contributed by atoms with Gasteiger partial charge < -0.3 is 20.0 Å². The summed E-state index contributed by atoms with van der Waals surface area (Å²) in [6.45, 7) is 5.91. The first-order chi connectivity index (χ1) is 16.1. The molecule has 1 saturated heterocycles. The van der Waals surface area contributed by atoms with Crippen molar-refractivity contribution in [3.05, 3.63) is 95.7 Å². The standard InChI is InChI=1S/C28H29N3O2/c1-20-28(22-9-13-25(33)14-10-22)26(21-7-11-24(32)12-8-21)19-27(29-20)31-17-15-30(16-18-31)23-5-3-2-4-6-23/h2-14,26,32-33H,15-19H2,1H3. The van der Waals surface area contributed by atoms with E-state index in [4.69, 9.17) is 4.99 Å². The molecule has 3 aromatic rings. The lowest BCUT2D eigenvalue weighted by molar-refractivity contribution is 0.376. The van der Waals surface area contributed by atoms with Crippen LogP contribution in [0.4, 0.5) is 5.69 Å². The molecule has 0 bridgehead atoms. The van der Waals surface area contributed by atoms with Crippen molar-refractivity contribution in [1.82, 2.24) is 4.90 Å². The monoisotopic (exact) mass is 439 g/mol. The van der Waals surface area contributed by atoms with Gasteiger partial charge in [0, 0.05) is 49.9 Å². The number of rotatable bonds is 3. The molecule has 168 valence electrons. The first-order valence-electron chi connectivity index (χ1n) is 11.5. The Kier molecular flexibility index (Phi) is 5.78. The van der Waals surface area contributed by atoms with Crippen LogP contribution < -0.4 is 4.90 Å². The largest absolute Gasteiger partial charge is 0.508 e. The van der Waals surface area contributed by atoms with E-state index in [1.165, 1.54) is 11.3 Å². The zero-order valence-corrected chi connectivity index (χ0v) is 18.9. The van der Waals surface area contributed by atoms with E-state index in [1.807, 2.05) is 24.3 Å². The lowest BCUT2D eigenvalue weighted by Crippen LogP contribution is -2.49. The van der Waals surface area contributed by atoms with Crippen LogP contribution in [0.5, 0.6) is 11.5 Å². The Bertz CT molecular complexity index is 1160. The Labute approximate surface area is 194 Å². The molecule has 2 N–H and O–H groups in total. The molecular formula is C28H29N3O2. The summed E-state index contributed by atoms with van der Waals surface area (Å²) in [5.74, 6) is 1.79. The van der Waals surface area contributed by atoms with E-state index in [9.17, 15) is 10.2 Å². The van der Waals surface area contributed by atoms with Crippen molar-refractivity contribution in [2.75, 3.05) is 31.1 Å². The Morgan fingerprint density at radius 1 is 0.727 bits per heavy atom. The summed E-state index contributed by atoms with van der Waals surface area (Å²) in [6, 6.07) is 25.5. The number of allylic oxidation sites excluding steroid dienone is 2. The maximum atomic E-state index is 9.82. The van der Waals surface area contributed by atoms with Crippen molar-refractivity contribution < 1.29 is 10.2 Å². The molecular weight excluding hydrogens is 410 g/mol. The summed E-state index contributed by atoms with van der Waals surface area (Å²) < 4.78 is 0. The average molecular weight is 440 g/mol. The van der Waals surface area contributed by atoms with Crippen molar-refractivity contribution >= 4 is 17.1 Å². The van der Waals surface area contributed by atoms with E-state index in [-0.39, 0.29) is 17.4 Å². The molecule has 2 aliphatic rings. The van der Waals surface area contributed by atoms with Gasteiger partial charge in [0.05, 0.1) is 0 Å². The van der Waals surface area contributed by atoms with Crippen LogP contribution in [0.3, 0.4) is 0 Å². The molecule has 1 atom stereocenters. The van der Waals surface area contributed by atoms with Gasteiger partial charge in [0.15, 0.2) is 0 Å². The Morgan fingerprint density at radius 3 is 1.94 bits per heavy atom. The molecule has 5 nitrogen and oxygen atoms in total. The molecule has 1 unspecified atom stereocenters. The number of amidine groups is 1. The van der Waals surface area contributed by atoms with Crippen molar-refractivity contribution in [3.8, 4) is 11.5 Å². The van der Waals surface area contributed by atoms with Gasteiger partial charge in [-0.15, -0.1) is 0 Å². The van der Waals surface area contributed by atoms with Crippen molar-refractivity contribution in [3.63, 3.8) is 0 Å². The summed E-state index contributed by atoms with van der Waals surface area (Å²) >= 11 is 0. The van der Waals surface area contributed by atoms with Gasteiger partial charge in [-0.3, -0.25) is 0 Å². The average Bonchev–Trinajstić information content (AvgIpc) is 2.85. The molecule has 0 amide bonds. The van der Waals surface area contributed by atoms with Gasteiger partial charge in [0.1, 0.15) is 17.3 Å². The molecule has 2 aliphatic heterocycles. The summed E-state index contributed by atoms with van der Waals surface area (Å²) in [6.07, 6.45) is 0.809. The minimum atomic E-state index is 0.134. The van der Waals surface area contributed by atoms with Gasteiger partial charge in [-0.25, -0.2) is 4.99 Å². The predicted octanol–water partition coefficient (Wildman–Crippen LogP) is 5.24. The fourth-order valence-corrected chi connectivity index (χ4v) is 4.94. The first-order valence-corrected chi connectivity index (χ1v) is 11.5. The third-order valence-corrected chi connectivity index (χ3v) is 6.66.